The van der Waals surface area contributed by atoms with Gasteiger partial charge in [-0.1, -0.05) is 34.4 Å². The highest BCUT2D eigenvalue weighted by Crippen LogP contribution is 2.27. The summed E-state index contributed by atoms with van der Waals surface area (Å²) in [6.07, 6.45) is 1.49. The summed E-state index contributed by atoms with van der Waals surface area (Å²) in [5.74, 6) is 1.61. The first-order valence-electron chi connectivity index (χ1n) is 8.59. The molecule has 1 heterocycles. The fourth-order valence-corrected chi connectivity index (χ4v) is 4.09. The number of nitrogens with zero attached hydrogens (tertiary/aromatic N) is 4. The average molecular weight is 415 g/mol. The minimum absolute atomic E-state index is 0.151. The van der Waals surface area contributed by atoms with E-state index in [-0.39, 0.29) is 5.75 Å². The maximum atomic E-state index is 10.8. The molecular weight excluding hydrogens is 394 g/mol. The largest absolute Gasteiger partial charge is 0.496 e. The SMILES string of the molecule is COc1ccccc1-c1ncnc(Nc2cccc(C[SH](C)(O)=NC(=O)O)c2)n1. The number of rotatable bonds is 6. The summed E-state index contributed by atoms with van der Waals surface area (Å²) in [6.45, 7) is 0. The van der Waals surface area contributed by atoms with Gasteiger partial charge in [-0.15, -0.1) is 0 Å². The van der Waals surface area contributed by atoms with E-state index in [1.165, 1.54) is 12.6 Å². The second kappa shape index (κ2) is 8.76. The summed E-state index contributed by atoms with van der Waals surface area (Å²) in [5, 5.41) is 11.9. The number of amides is 1. The second-order valence-corrected chi connectivity index (χ2v) is 8.98. The van der Waals surface area contributed by atoms with Gasteiger partial charge in [-0.05, 0) is 36.1 Å². The Balaban J connectivity index is 1.83. The smallest absolute Gasteiger partial charge is 0.437 e. The van der Waals surface area contributed by atoms with Crippen LogP contribution < -0.4 is 10.1 Å². The number of carbonyl (C=O) groups is 1. The van der Waals surface area contributed by atoms with Gasteiger partial charge in [0.2, 0.25) is 5.95 Å². The standard InChI is InChI=1S/C19H21N5O4S/c1-28-16-9-4-3-8-15(16)17-20-12-21-18(23-17)22-14-7-5-6-13(10-14)11-29(2,27)24-19(25)26/h3-10,12,29H,11H2,1-2H3,(H,24,27)(H,25,26)(H,20,21,22,23). The van der Waals surface area contributed by atoms with Crippen molar-refractivity contribution in [3.8, 4) is 17.1 Å². The van der Waals surface area contributed by atoms with Gasteiger partial charge >= 0.3 is 6.09 Å². The van der Waals surface area contributed by atoms with Gasteiger partial charge in [0, 0.05) is 11.4 Å². The summed E-state index contributed by atoms with van der Waals surface area (Å²) < 4.78 is 19.0. The number of anilines is 2. The summed E-state index contributed by atoms with van der Waals surface area (Å²) in [4.78, 5) is 23.6. The molecule has 0 spiro atoms. The topological polar surface area (TPSA) is 130 Å². The van der Waals surface area contributed by atoms with E-state index in [0.717, 1.165) is 11.1 Å². The van der Waals surface area contributed by atoms with Crippen LogP contribution in [0.15, 0.2) is 59.2 Å². The van der Waals surface area contributed by atoms with Crippen molar-refractivity contribution in [2.75, 3.05) is 18.7 Å². The molecule has 1 aromatic heterocycles. The molecular formula is C19H21N5O4S. The fraction of sp³-hybridized carbons (Fsp3) is 0.158. The summed E-state index contributed by atoms with van der Waals surface area (Å²) in [6, 6.07) is 14.6. The molecule has 152 valence electrons. The Labute approximate surface area is 168 Å². The lowest BCUT2D eigenvalue weighted by atomic mass is 10.2. The van der Waals surface area contributed by atoms with E-state index in [9.17, 15) is 9.35 Å². The molecule has 3 rings (SSSR count). The third kappa shape index (κ3) is 5.56. The monoisotopic (exact) mass is 415 g/mol. The van der Waals surface area contributed by atoms with Crippen LogP contribution in [0.25, 0.3) is 11.4 Å². The number of hydrogen-bond acceptors (Lipinski definition) is 6. The first-order chi connectivity index (χ1) is 13.9. The molecule has 0 unspecified atom stereocenters. The highest BCUT2D eigenvalue weighted by Gasteiger charge is 2.11. The lowest BCUT2D eigenvalue weighted by Gasteiger charge is -2.17. The van der Waals surface area contributed by atoms with Crippen molar-refractivity contribution >= 4 is 27.8 Å². The predicted octanol–water partition coefficient (Wildman–Crippen LogP) is 3.64. The number of ether oxygens (including phenoxy) is 1. The van der Waals surface area contributed by atoms with Crippen LogP contribution >= 0.6 is 0 Å². The van der Waals surface area contributed by atoms with Gasteiger partial charge in [0.1, 0.15) is 12.1 Å². The molecule has 29 heavy (non-hydrogen) atoms. The van der Waals surface area contributed by atoms with Gasteiger partial charge in [0.05, 0.1) is 12.7 Å². The number of para-hydroxylation sites is 1. The lowest BCUT2D eigenvalue weighted by molar-refractivity contribution is 0.206. The van der Waals surface area contributed by atoms with Crippen molar-refractivity contribution in [1.82, 2.24) is 15.0 Å². The van der Waals surface area contributed by atoms with Crippen LogP contribution in [0, 0.1) is 0 Å². The van der Waals surface area contributed by atoms with Crippen molar-refractivity contribution in [3.05, 3.63) is 60.4 Å². The number of thiol groups is 1. The van der Waals surface area contributed by atoms with Crippen LogP contribution in [0.2, 0.25) is 0 Å². The molecule has 3 aromatic rings. The highest BCUT2D eigenvalue weighted by molar-refractivity contribution is 7.98. The number of aromatic nitrogens is 3. The normalized spacial score (nSPS) is 11.6. The van der Waals surface area contributed by atoms with Gasteiger partial charge in [0.15, 0.2) is 5.82 Å². The predicted molar refractivity (Wildman–Crippen MR) is 113 cm³/mol. The zero-order valence-electron chi connectivity index (χ0n) is 15.9. The molecule has 2 aromatic carbocycles. The summed E-state index contributed by atoms with van der Waals surface area (Å²) >= 11 is 0. The number of hydrogen-bond donors (Lipinski definition) is 4. The molecule has 9 nitrogen and oxygen atoms in total. The molecule has 10 heteroatoms. The van der Waals surface area contributed by atoms with Crippen molar-refractivity contribution in [3.63, 3.8) is 0 Å². The minimum atomic E-state index is -2.94. The van der Waals surface area contributed by atoms with Crippen molar-refractivity contribution in [2.24, 2.45) is 4.36 Å². The lowest BCUT2D eigenvalue weighted by Crippen LogP contribution is -2.13. The molecule has 0 saturated heterocycles. The molecule has 0 radical (unpaired) electrons. The quantitative estimate of drug-likeness (QED) is 0.449. The van der Waals surface area contributed by atoms with E-state index >= 15 is 0 Å². The Bertz CT molecular complexity index is 1080. The first-order valence-corrected chi connectivity index (χ1v) is 10.9. The molecule has 0 saturated carbocycles. The maximum Gasteiger partial charge on any atom is 0.437 e. The van der Waals surface area contributed by atoms with Crippen LogP contribution in [0.1, 0.15) is 5.56 Å². The van der Waals surface area contributed by atoms with Gasteiger partial charge in [-0.2, -0.15) is 9.35 Å². The van der Waals surface area contributed by atoms with E-state index in [0.29, 0.717) is 23.2 Å². The van der Waals surface area contributed by atoms with Crippen LogP contribution in [0.5, 0.6) is 5.75 Å². The van der Waals surface area contributed by atoms with E-state index in [2.05, 4.69) is 24.6 Å². The van der Waals surface area contributed by atoms with E-state index in [4.69, 9.17) is 9.84 Å². The number of benzene rings is 2. The summed E-state index contributed by atoms with van der Waals surface area (Å²) in [7, 11) is -1.36. The molecule has 0 atom stereocenters. The van der Waals surface area contributed by atoms with Gasteiger partial charge in [-0.3, -0.25) is 0 Å². The van der Waals surface area contributed by atoms with Gasteiger partial charge in [0.25, 0.3) is 0 Å². The Morgan fingerprint density at radius 1 is 1.21 bits per heavy atom. The van der Waals surface area contributed by atoms with E-state index in [1.807, 2.05) is 30.3 Å². The van der Waals surface area contributed by atoms with Crippen LogP contribution in [-0.2, 0) is 15.9 Å². The zero-order chi connectivity index (χ0) is 20.9. The molecule has 0 aliphatic heterocycles. The van der Waals surface area contributed by atoms with Crippen LogP contribution in [0.3, 0.4) is 0 Å². The van der Waals surface area contributed by atoms with Crippen LogP contribution in [0.4, 0.5) is 16.4 Å². The Hall–Kier alpha value is -3.37. The third-order valence-electron chi connectivity index (χ3n) is 3.89. The molecule has 0 fully saturated rings. The third-order valence-corrected chi connectivity index (χ3v) is 5.45. The Kier molecular flexibility index (Phi) is 6.15. The number of nitrogens with one attached hydrogen (secondary N) is 1. The fourth-order valence-electron chi connectivity index (χ4n) is 2.76. The molecule has 0 bridgehead atoms. The molecule has 3 N–H and O–H groups in total. The summed E-state index contributed by atoms with van der Waals surface area (Å²) in [5.41, 5.74) is 2.18. The van der Waals surface area contributed by atoms with Crippen molar-refractivity contribution < 1.29 is 19.2 Å². The highest BCUT2D eigenvalue weighted by atomic mass is 32.3. The zero-order valence-corrected chi connectivity index (χ0v) is 16.7. The molecule has 1 amide bonds. The van der Waals surface area contributed by atoms with Gasteiger partial charge < -0.3 is 19.7 Å². The molecule has 0 aliphatic carbocycles. The number of carboxylic acid groups (broad SMARTS) is 1. The minimum Gasteiger partial charge on any atom is -0.496 e. The Morgan fingerprint density at radius 2 is 2.00 bits per heavy atom. The maximum absolute atomic E-state index is 10.8. The number of methoxy groups -OCH3 is 1. The van der Waals surface area contributed by atoms with E-state index < -0.39 is 16.2 Å². The van der Waals surface area contributed by atoms with E-state index in [1.54, 1.807) is 25.3 Å². The average Bonchev–Trinajstić information content (AvgIpc) is 2.67. The van der Waals surface area contributed by atoms with Crippen LogP contribution in [-0.4, -0.2) is 44.1 Å². The molecule has 0 aliphatic rings. The van der Waals surface area contributed by atoms with Crippen molar-refractivity contribution in [2.45, 2.75) is 5.75 Å². The first kappa shape index (κ1) is 20.4. The van der Waals surface area contributed by atoms with Crippen molar-refractivity contribution in [1.29, 1.82) is 0 Å². The second-order valence-electron chi connectivity index (χ2n) is 6.29. The Morgan fingerprint density at radius 3 is 2.76 bits per heavy atom. The van der Waals surface area contributed by atoms with Gasteiger partial charge in [-0.25, -0.2) is 14.8 Å².